The number of rotatable bonds is 6. The molecule has 3 aromatic rings. The van der Waals surface area contributed by atoms with Crippen LogP contribution in [-0.4, -0.2) is 21.5 Å². The van der Waals surface area contributed by atoms with Gasteiger partial charge in [-0.25, -0.2) is 8.78 Å². The molecule has 0 aliphatic rings. The summed E-state index contributed by atoms with van der Waals surface area (Å²) in [5.41, 5.74) is 0.152. The van der Waals surface area contributed by atoms with Crippen LogP contribution in [0.15, 0.2) is 47.0 Å². The van der Waals surface area contributed by atoms with E-state index in [1.165, 1.54) is 17.7 Å². The summed E-state index contributed by atoms with van der Waals surface area (Å²) in [6.07, 6.45) is 3.99. The van der Waals surface area contributed by atoms with Crippen molar-refractivity contribution in [1.29, 1.82) is 0 Å². The number of Topliss-reactive ketones (excluding diaryl/α,β-unsaturated/α-hetero) is 1. The lowest BCUT2D eigenvalue weighted by Gasteiger charge is -2.00. The Morgan fingerprint density at radius 2 is 1.96 bits per heavy atom. The van der Waals surface area contributed by atoms with Crippen LogP contribution in [0.2, 0.25) is 5.02 Å². The Morgan fingerprint density at radius 3 is 2.61 bits per heavy atom. The first-order valence-corrected chi connectivity index (χ1v) is 8.46. The second-order valence-corrected chi connectivity index (χ2v) is 6.22. The van der Waals surface area contributed by atoms with Crippen molar-refractivity contribution in [3.63, 3.8) is 0 Å². The molecule has 6 nitrogen and oxygen atoms in total. The third-order valence-electron chi connectivity index (χ3n) is 3.65. The van der Waals surface area contributed by atoms with E-state index in [2.05, 4.69) is 10.4 Å². The van der Waals surface area contributed by atoms with Crippen molar-refractivity contribution in [2.45, 2.75) is 13.5 Å². The monoisotopic (exact) mass is 405 g/mol. The van der Waals surface area contributed by atoms with Gasteiger partial charge in [-0.3, -0.25) is 14.3 Å². The molecule has 2 heterocycles. The number of nitrogens with zero attached hydrogens (tertiary/aromatic N) is 2. The molecular weight excluding hydrogens is 392 g/mol. The molecule has 0 atom stereocenters. The van der Waals surface area contributed by atoms with Crippen molar-refractivity contribution >= 4 is 35.2 Å². The third kappa shape index (κ3) is 4.72. The first kappa shape index (κ1) is 19.5. The second-order valence-electron chi connectivity index (χ2n) is 5.84. The van der Waals surface area contributed by atoms with Gasteiger partial charge in [-0.1, -0.05) is 11.6 Å². The molecule has 0 aliphatic carbocycles. The van der Waals surface area contributed by atoms with Gasteiger partial charge in [-0.05, 0) is 35.9 Å². The second kappa shape index (κ2) is 8.18. The molecule has 1 N–H and O–H groups in total. The number of anilines is 1. The van der Waals surface area contributed by atoms with Crippen LogP contribution >= 0.6 is 11.6 Å². The quantitative estimate of drug-likeness (QED) is 0.376. The minimum absolute atomic E-state index is 0.152. The molecule has 1 aromatic carbocycles. The minimum Gasteiger partial charge on any atom is -0.456 e. The number of halogens is 3. The predicted molar refractivity (Wildman–Crippen MR) is 99.1 cm³/mol. The molecule has 144 valence electrons. The number of amides is 1. The SMILES string of the molecule is CC(=O)c1ccc(Cn2ccc(NC(=O)/C=C\c3cc(F)c(Cl)c(F)c3)n2)o1. The molecule has 0 spiro atoms. The van der Waals surface area contributed by atoms with E-state index in [-0.39, 0.29) is 29.5 Å². The molecule has 0 bridgehead atoms. The van der Waals surface area contributed by atoms with Gasteiger partial charge in [0.1, 0.15) is 22.4 Å². The number of benzene rings is 1. The smallest absolute Gasteiger partial charge is 0.249 e. The van der Waals surface area contributed by atoms with Gasteiger partial charge in [0, 0.05) is 25.3 Å². The molecule has 2 aromatic heterocycles. The summed E-state index contributed by atoms with van der Waals surface area (Å²) >= 11 is 5.41. The summed E-state index contributed by atoms with van der Waals surface area (Å²) in [6, 6.07) is 6.86. The van der Waals surface area contributed by atoms with E-state index in [1.54, 1.807) is 24.4 Å². The fraction of sp³-hybridized carbons (Fsp3) is 0.105. The van der Waals surface area contributed by atoms with E-state index in [0.717, 1.165) is 18.2 Å². The van der Waals surface area contributed by atoms with Crippen molar-refractivity contribution in [2.24, 2.45) is 0 Å². The zero-order chi connectivity index (χ0) is 20.3. The Hall–Kier alpha value is -3.26. The first-order valence-electron chi connectivity index (χ1n) is 8.08. The van der Waals surface area contributed by atoms with Crippen molar-refractivity contribution in [2.75, 3.05) is 5.32 Å². The fourth-order valence-electron chi connectivity index (χ4n) is 2.34. The van der Waals surface area contributed by atoms with Crippen molar-refractivity contribution in [1.82, 2.24) is 9.78 Å². The van der Waals surface area contributed by atoms with Gasteiger partial charge in [-0.15, -0.1) is 0 Å². The molecule has 0 saturated heterocycles. The van der Waals surface area contributed by atoms with Crippen molar-refractivity contribution in [3.8, 4) is 0 Å². The number of hydrogen-bond acceptors (Lipinski definition) is 4. The van der Waals surface area contributed by atoms with Gasteiger partial charge in [0.15, 0.2) is 17.4 Å². The topological polar surface area (TPSA) is 77.1 Å². The maximum Gasteiger partial charge on any atom is 0.249 e. The van der Waals surface area contributed by atoms with Crippen molar-refractivity contribution < 1.29 is 22.8 Å². The molecule has 0 fully saturated rings. The summed E-state index contributed by atoms with van der Waals surface area (Å²) in [4.78, 5) is 23.2. The van der Waals surface area contributed by atoms with Gasteiger partial charge in [0.25, 0.3) is 0 Å². The molecule has 0 radical (unpaired) electrons. The van der Waals surface area contributed by atoms with Crippen LogP contribution in [0.4, 0.5) is 14.6 Å². The highest BCUT2D eigenvalue weighted by Crippen LogP contribution is 2.21. The molecule has 3 rings (SSSR count). The van der Waals surface area contributed by atoms with Gasteiger partial charge in [0.05, 0.1) is 6.54 Å². The third-order valence-corrected chi connectivity index (χ3v) is 4.01. The maximum absolute atomic E-state index is 13.4. The molecule has 0 aliphatic heterocycles. The van der Waals surface area contributed by atoms with Gasteiger partial charge in [0.2, 0.25) is 5.91 Å². The standard InChI is InChI=1S/C19H14ClF2N3O3/c1-11(26)16-4-3-13(28-16)10-25-7-6-17(24-25)23-18(27)5-2-12-8-14(21)19(20)15(22)9-12/h2-9H,10H2,1H3,(H,23,24,27)/b5-2-. The Balaban J connectivity index is 1.61. The number of carbonyl (C=O) groups excluding carboxylic acids is 2. The number of ketones is 1. The van der Waals surface area contributed by atoms with Crippen LogP contribution in [0.25, 0.3) is 6.08 Å². The Labute approximate surface area is 163 Å². The zero-order valence-electron chi connectivity index (χ0n) is 14.6. The lowest BCUT2D eigenvalue weighted by atomic mass is 10.2. The molecule has 1 amide bonds. The fourth-order valence-corrected chi connectivity index (χ4v) is 2.45. The van der Waals surface area contributed by atoms with E-state index in [4.69, 9.17) is 16.0 Å². The summed E-state index contributed by atoms with van der Waals surface area (Å²) in [5, 5.41) is 6.09. The van der Waals surface area contributed by atoms with Gasteiger partial charge >= 0.3 is 0 Å². The lowest BCUT2D eigenvalue weighted by molar-refractivity contribution is -0.111. The minimum atomic E-state index is -0.911. The number of hydrogen-bond donors (Lipinski definition) is 1. The van der Waals surface area contributed by atoms with E-state index in [1.807, 2.05) is 0 Å². The van der Waals surface area contributed by atoms with E-state index >= 15 is 0 Å². The Morgan fingerprint density at radius 1 is 1.25 bits per heavy atom. The number of furan rings is 1. The van der Waals surface area contributed by atoms with Gasteiger partial charge in [-0.2, -0.15) is 5.10 Å². The lowest BCUT2D eigenvalue weighted by Crippen LogP contribution is -2.09. The highest BCUT2D eigenvalue weighted by atomic mass is 35.5. The van der Waals surface area contributed by atoms with Crippen LogP contribution in [-0.2, 0) is 11.3 Å². The summed E-state index contributed by atoms with van der Waals surface area (Å²) in [5.74, 6) is -1.45. The summed E-state index contributed by atoms with van der Waals surface area (Å²) in [6.45, 7) is 1.69. The van der Waals surface area contributed by atoms with Crippen LogP contribution in [0.5, 0.6) is 0 Å². The van der Waals surface area contributed by atoms with E-state index in [9.17, 15) is 18.4 Å². The normalized spacial score (nSPS) is 11.1. The molecule has 9 heteroatoms. The summed E-state index contributed by atoms with van der Waals surface area (Å²) < 4.78 is 33.7. The maximum atomic E-state index is 13.4. The average molecular weight is 406 g/mol. The first-order chi connectivity index (χ1) is 13.3. The summed E-state index contributed by atoms with van der Waals surface area (Å²) in [7, 11) is 0. The van der Waals surface area contributed by atoms with Crippen LogP contribution in [0.3, 0.4) is 0 Å². The average Bonchev–Trinajstić information content (AvgIpc) is 3.28. The van der Waals surface area contributed by atoms with Crippen LogP contribution in [0.1, 0.15) is 28.8 Å². The Bertz CT molecular complexity index is 1050. The van der Waals surface area contributed by atoms with E-state index in [0.29, 0.717) is 5.76 Å². The molecular formula is C19H14ClF2N3O3. The van der Waals surface area contributed by atoms with Gasteiger partial charge < -0.3 is 9.73 Å². The molecule has 28 heavy (non-hydrogen) atoms. The molecule has 0 unspecified atom stereocenters. The number of aromatic nitrogens is 2. The molecule has 0 saturated carbocycles. The van der Waals surface area contributed by atoms with Crippen LogP contribution in [0, 0.1) is 11.6 Å². The predicted octanol–water partition coefficient (Wildman–Crippen LogP) is 4.31. The zero-order valence-corrected chi connectivity index (χ0v) is 15.3. The van der Waals surface area contributed by atoms with Crippen LogP contribution < -0.4 is 5.32 Å². The van der Waals surface area contributed by atoms with Crippen molar-refractivity contribution in [3.05, 3.63) is 76.3 Å². The highest BCUT2D eigenvalue weighted by Gasteiger charge is 2.09. The number of carbonyl (C=O) groups is 2. The largest absolute Gasteiger partial charge is 0.456 e. The van der Waals surface area contributed by atoms with E-state index < -0.39 is 22.6 Å². The number of nitrogens with one attached hydrogen (secondary N) is 1. The Kier molecular flexibility index (Phi) is 5.70. The highest BCUT2D eigenvalue weighted by molar-refractivity contribution is 6.30.